The molecule has 3 aromatic heterocycles. The molecule has 0 aliphatic heterocycles. The third-order valence-electron chi connectivity index (χ3n) is 27.3. The molecular weight excluding hydrogens is 1730 g/mol. The van der Waals surface area contributed by atoms with Crippen molar-refractivity contribution in [2.45, 2.75) is 235 Å². The first-order chi connectivity index (χ1) is 63.5. The van der Waals surface area contributed by atoms with Crippen LogP contribution < -0.4 is 0 Å². The van der Waals surface area contributed by atoms with Crippen LogP contribution in [0.3, 0.4) is 0 Å². The van der Waals surface area contributed by atoms with Crippen molar-refractivity contribution in [2.24, 2.45) is 0 Å². The van der Waals surface area contributed by atoms with Gasteiger partial charge in [-0.15, -0.1) is 47.0 Å². The van der Waals surface area contributed by atoms with E-state index in [2.05, 4.69) is 393 Å². The minimum absolute atomic E-state index is 0.111. The third-order valence-corrected chi connectivity index (χ3v) is 30.2. The highest BCUT2D eigenvalue weighted by Gasteiger charge is 2.38. The van der Waals surface area contributed by atoms with Gasteiger partial charge in [-0.05, 0) is 285 Å². The maximum atomic E-state index is 15.2. The van der Waals surface area contributed by atoms with Crippen LogP contribution in [0.15, 0.2) is 262 Å². The molecule has 14 aromatic carbocycles. The fraction of sp³-hybridized carbons (Fsp3) is 0.301. The Bertz CT molecular complexity index is 7060. The Hall–Kier alpha value is -11.4. The summed E-state index contributed by atoms with van der Waals surface area (Å²) in [6.45, 7) is 55.3. The molecule has 0 unspecified atom stereocenters. The Balaban J connectivity index is 0.000000222. The number of hydrogen-bond donors (Lipinski definition) is 0. The number of benzene rings is 14. The molecule has 18 rings (SSSR count). The fourth-order valence-electron chi connectivity index (χ4n) is 19.0. The third kappa shape index (κ3) is 18.3. The van der Waals surface area contributed by atoms with Crippen molar-refractivity contribution < 1.29 is 13.2 Å². The summed E-state index contributed by atoms with van der Waals surface area (Å²) in [7, 11) is 0. The number of hydrogen-bond acceptors (Lipinski definition) is 6. The highest BCUT2D eigenvalue weighted by molar-refractivity contribution is 7.99. The number of nitrogens with zero attached hydrogens (tertiary/aromatic N) is 5. The molecule has 17 aromatic rings. The monoisotopic (exact) mass is 1860 g/mol. The smallest absolute Gasteiger partial charge is 0.154 e. The lowest BCUT2D eigenvalue weighted by Crippen LogP contribution is -2.14. The number of halogens is 3. The zero-order valence-corrected chi connectivity index (χ0v) is 87.1. The van der Waals surface area contributed by atoms with Gasteiger partial charge in [0, 0.05) is 63.0 Å². The molecule has 5 nitrogen and oxygen atoms in total. The summed E-state index contributed by atoms with van der Waals surface area (Å²) >= 11 is 6.48. The van der Waals surface area contributed by atoms with Gasteiger partial charge < -0.3 is 13.7 Å². The lowest BCUT2D eigenvalue weighted by atomic mass is 9.83. The van der Waals surface area contributed by atoms with E-state index in [-0.39, 0.29) is 54.4 Å². The van der Waals surface area contributed by atoms with Gasteiger partial charge in [0.15, 0.2) is 11.6 Å². The van der Waals surface area contributed by atoms with Crippen LogP contribution in [0, 0.1) is 40.1 Å². The number of aromatic nitrogens is 3. The van der Waals surface area contributed by atoms with Gasteiger partial charge in [-0.1, -0.05) is 287 Å². The quantitative estimate of drug-likeness (QED) is 0.120. The van der Waals surface area contributed by atoms with Crippen LogP contribution in [-0.2, 0) is 49.7 Å². The van der Waals surface area contributed by atoms with Gasteiger partial charge in [0.25, 0.3) is 0 Å². The number of nitriles is 2. The second-order valence-electron chi connectivity index (χ2n) is 44.7. The summed E-state index contributed by atoms with van der Waals surface area (Å²) in [5.41, 5.74) is 28.7. The lowest BCUT2D eigenvalue weighted by molar-refractivity contribution is 0.548. The molecule has 0 bridgehead atoms. The van der Waals surface area contributed by atoms with E-state index in [4.69, 9.17) is 0 Å². The van der Waals surface area contributed by atoms with Crippen LogP contribution in [0.25, 0.3) is 138 Å². The van der Waals surface area contributed by atoms with E-state index in [1.807, 2.05) is 12.5 Å². The topological polar surface area (TPSA) is 62.4 Å². The average Bonchev–Trinajstić information content (AvgIpc) is 1.55. The summed E-state index contributed by atoms with van der Waals surface area (Å²) in [4.78, 5) is 4.19. The summed E-state index contributed by atoms with van der Waals surface area (Å²) in [6, 6.07) is 93.0. The first-order valence-electron chi connectivity index (χ1n) is 46.9. The van der Waals surface area contributed by atoms with Gasteiger partial charge in [0.2, 0.25) is 0 Å². The van der Waals surface area contributed by atoms with Gasteiger partial charge in [0.1, 0.15) is 29.1 Å². The van der Waals surface area contributed by atoms with Crippen molar-refractivity contribution in [3.05, 3.63) is 327 Å². The van der Waals surface area contributed by atoms with Crippen LogP contribution in [0.1, 0.15) is 233 Å². The first-order valence-corrected chi connectivity index (χ1v) is 51.8. The molecular formula is C123H126F3N5S4. The summed E-state index contributed by atoms with van der Waals surface area (Å²) in [6.07, 6.45) is 9.16. The largest absolute Gasteiger partial charge is 0.308 e. The normalized spacial score (nSPS) is 12.8. The molecule has 0 N–H and O–H groups in total. The van der Waals surface area contributed by atoms with Crippen LogP contribution in [0.2, 0.25) is 0 Å². The lowest BCUT2D eigenvalue weighted by Gasteiger charge is -2.29. The molecule has 0 fully saturated rings. The minimum atomic E-state index is -1.19. The van der Waals surface area contributed by atoms with Gasteiger partial charge in [-0.3, -0.25) is 0 Å². The maximum absolute atomic E-state index is 15.2. The molecule has 1 aliphatic rings. The van der Waals surface area contributed by atoms with Crippen molar-refractivity contribution >= 4 is 112 Å². The van der Waals surface area contributed by atoms with Crippen molar-refractivity contribution in [3.8, 4) is 84.8 Å². The summed E-state index contributed by atoms with van der Waals surface area (Å²) < 4.78 is 52.3. The van der Waals surface area contributed by atoms with Crippen molar-refractivity contribution in [3.63, 3.8) is 0 Å². The Labute approximate surface area is 815 Å². The predicted molar refractivity (Wildman–Crippen MR) is 578 cm³/mol. The van der Waals surface area contributed by atoms with E-state index in [9.17, 15) is 19.3 Å². The second kappa shape index (κ2) is 36.0. The Morgan fingerprint density at radius 2 is 0.437 bits per heavy atom. The van der Waals surface area contributed by atoms with Gasteiger partial charge in [-0.2, -0.15) is 10.5 Å². The highest BCUT2D eigenvalue weighted by Crippen LogP contribution is 2.55. The van der Waals surface area contributed by atoms with E-state index in [0.29, 0.717) is 5.56 Å². The van der Waals surface area contributed by atoms with Gasteiger partial charge in [-0.25, -0.2) is 13.2 Å². The van der Waals surface area contributed by atoms with Crippen LogP contribution >= 0.6 is 47.0 Å². The zero-order chi connectivity index (χ0) is 97.4. The molecule has 12 heteroatoms. The van der Waals surface area contributed by atoms with E-state index in [1.165, 1.54) is 138 Å². The molecule has 0 saturated carbocycles. The van der Waals surface area contributed by atoms with Crippen LogP contribution in [0.4, 0.5) is 13.2 Å². The molecule has 0 radical (unpaired) electrons. The summed E-state index contributed by atoms with van der Waals surface area (Å²) in [5, 5.41) is 29.4. The Morgan fingerprint density at radius 3 is 0.644 bits per heavy atom. The number of thioether (sulfide) groups is 4. The van der Waals surface area contributed by atoms with E-state index in [0.717, 1.165) is 88.6 Å². The standard InChI is InChI=1S/C81H86N4S2.C21H14F3NS2.C21H26/c1-76(2,3)50-25-35-65-58(41-50)59-42-51(77(4,5)6)26-36-66(59)83(65)73-64(47-82)74(84-67-37-27-52(78(7,8)9)43-60(67)61-44-53(79(10,11)12)28-38-68(61)84)72(49-23-33-57(87-20)34-24-49)75(71(73)48-21-31-56(86-19)32-22-48)85-69-39-29-54(80(13,14)15)45-62(69)63-46-55(81(16,17)18)30-40-70(63)85;1-26-14-7-3-12(4-8-14)17-19(22)16(11-25)20(23)18(21(17)24)13-5-9-15(27-2)10-6-13;1-20(2,3)16-9-7-14-11-15-8-10-17(21(4,5)6)13-19(15)18(14)12-16/h21-46H,1-20H3;3-10H,1-2H3;7-10,12-13H,11H2,1-6H3. The zero-order valence-electron chi connectivity index (χ0n) is 83.8. The van der Waals surface area contributed by atoms with Gasteiger partial charge in [0.05, 0.1) is 61.3 Å². The molecule has 0 atom stereocenters. The highest BCUT2D eigenvalue weighted by atomic mass is 32.2. The van der Waals surface area contributed by atoms with Crippen molar-refractivity contribution in [1.29, 1.82) is 10.5 Å². The van der Waals surface area contributed by atoms with Crippen molar-refractivity contribution in [2.75, 3.05) is 25.0 Å². The molecule has 135 heavy (non-hydrogen) atoms. The first kappa shape index (κ1) is 96.8. The van der Waals surface area contributed by atoms with E-state index < -0.39 is 34.1 Å². The molecule has 3 heterocycles. The van der Waals surface area contributed by atoms with E-state index >= 15 is 4.39 Å². The van der Waals surface area contributed by atoms with Crippen LogP contribution in [-0.4, -0.2) is 38.7 Å². The number of fused-ring (bicyclic) bond motifs is 12. The summed E-state index contributed by atoms with van der Waals surface area (Å²) in [5.74, 6) is -3.39. The minimum Gasteiger partial charge on any atom is -0.308 e. The molecule has 0 amide bonds. The van der Waals surface area contributed by atoms with Gasteiger partial charge >= 0.3 is 0 Å². The van der Waals surface area contributed by atoms with E-state index in [1.54, 1.807) is 72.1 Å². The molecule has 688 valence electrons. The SMILES string of the molecule is CC(C)(C)c1ccc2c(c1)-c1cc(C(C)(C)C)ccc1C2.CSc1ccc(-c2c(-n3c4ccc(C(C)(C)C)cc4c4cc(C(C)(C)C)ccc43)c(C#N)c(-n3c4ccc(C(C)(C)C)cc4c4cc(C(C)(C)C)ccc43)c(-c3ccc(SC)cc3)c2-n2c3ccc(C(C)(C)C)cc3c3cc(C(C)(C)C)ccc32)cc1.CSc1ccc(-c2c(F)c(C#N)c(F)c(-c3ccc(SC)cc3)c2F)cc1. The Kier molecular flexibility index (Phi) is 25.8. The Morgan fingerprint density at radius 1 is 0.237 bits per heavy atom. The van der Waals surface area contributed by atoms with Crippen LogP contribution in [0.5, 0.6) is 0 Å². The molecule has 1 aliphatic carbocycles. The predicted octanol–water partition coefficient (Wildman–Crippen LogP) is 36.0. The average molecular weight is 1860 g/mol. The second-order valence-corrected chi connectivity index (χ2v) is 48.2. The van der Waals surface area contributed by atoms with Crippen molar-refractivity contribution in [1.82, 2.24) is 13.7 Å². The molecule has 0 spiro atoms. The maximum Gasteiger partial charge on any atom is 0.154 e. The fourth-order valence-corrected chi connectivity index (χ4v) is 20.7. The molecule has 0 saturated heterocycles. The number of rotatable bonds is 11.